The summed E-state index contributed by atoms with van der Waals surface area (Å²) in [5.74, 6) is -1.79. The minimum Gasteiger partial charge on any atom is -0.507 e. The highest BCUT2D eigenvalue weighted by Crippen LogP contribution is 2.23. The molecule has 0 aliphatic heterocycles. The van der Waals surface area contributed by atoms with E-state index in [-0.39, 0.29) is 27.8 Å². The molecule has 126 valence electrons. The molecule has 1 aromatic carbocycles. The summed E-state index contributed by atoms with van der Waals surface area (Å²) in [6, 6.07) is 3.94. The summed E-state index contributed by atoms with van der Waals surface area (Å²) < 4.78 is 4.93. The third kappa shape index (κ3) is 3.49. The van der Waals surface area contributed by atoms with E-state index in [4.69, 9.17) is 16.3 Å². The minimum absolute atomic E-state index is 0.0870. The molecule has 0 fully saturated rings. The molecule has 0 bridgehead atoms. The molecule has 6 nitrogen and oxygen atoms in total. The van der Waals surface area contributed by atoms with Crippen LogP contribution in [0, 0.1) is 13.8 Å². The lowest BCUT2D eigenvalue weighted by atomic mass is 10.1. The van der Waals surface area contributed by atoms with Crippen molar-refractivity contribution in [3.8, 4) is 5.75 Å². The van der Waals surface area contributed by atoms with Crippen molar-refractivity contribution in [1.82, 2.24) is 4.98 Å². The van der Waals surface area contributed by atoms with Crippen molar-refractivity contribution in [3.63, 3.8) is 0 Å². The van der Waals surface area contributed by atoms with E-state index >= 15 is 0 Å². The van der Waals surface area contributed by atoms with Crippen LogP contribution in [0.2, 0.25) is 5.02 Å². The van der Waals surface area contributed by atoms with Gasteiger partial charge in [-0.05, 0) is 44.5 Å². The average molecular weight is 350 g/mol. The van der Waals surface area contributed by atoms with Gasteiger partial charge in [-0.2, -0.15) is 0 Å². The third-order valence-electron chi connectivity index (χ3n) is 3.58. The number of hydrogen-bond donors (Lipinski definition) is 2. The largest absolute Gasteiger partial charge is 0.507 e. The number of phenolic OH excluding ortho intramolecular Hbond substituents is 1. The summed E-state index contributed by atoms with van der Waals surface area (Å²) in [6.45, 7) is 4.25. The predicted molar refractivity (Wildman–Crippen MR) is 88.0 cm³/mol. The molecule has 7 heteroatoms. The summed E-state index contributed by atoms with van der Waals surface area (Å²) in [5.41, 5.74) is 1.71. The summed E-state index contributed by atoms with van der Waals surface area (Å²) in [7, 11) is 0. The number of aromatic hydroxyl groups is 1. The van der Waals surface area contributed by atoms with Crippen molar-refractivity contribution in [3.05, 3.63) is 51.3 Å². The lowest BCUT2D eigenvalue weighted by Crippen LogP contribution is -2.15. The molecule has 0 amide bonds. The molecule has 24 heavy (non-hydrogen) atoms. The number of phenols is 1. The molecule has 0 aliphatic rings. The van der Waals surface area contributed by atoms with Crippen LogP contribution < -0.4 is 0 Å². The molecule has 0 unspecified atom stereocenters. The van der Waals surface area contributed by atoms with Gasteiger partial charge in [0.15, 0.2) is 12.4 Å². The third-order valence-corrected chi connectivity index (χ3v) is 3.82. The summed E-state index contributed by atoms with van der Waals surface area (Å²) >= 11 is 5.69. The first-order valence-electron chi connectivity index (χ1n) is 7.11. The Hall–Kier alpha value is -2.60. The standard InChI is InChI=1S/C17H16ClNO5/c1-8-15(10(3)20)9(2)19-16(8)14(22)7-24-17(23)12-5-4-11(18)6-13(12)21/h4-6,19,21H,7H2,1-3H3. The molecule has 0 spiro atoms. The second-order valence-electron chi connectivity index (χ2n) is 5.34. The lowest BCUT2D eigenvalue weighted by molar-refractivity contribution is 0.0470. The number of aromatic amines is 1. The Morgan fingerprint density at radius 3 is 2.46 bits per heavy atom. The van der Waals surface area contributed by atoms with Gasteiger partial charge in [0.25, 0.3) is 0 Å². The van der Waals surface area contributed by atoms with E-state index in [0.29, 0.717) is 16.8 Å². The zero-order valence-corrected chi connectivity index (χ0v) is 14.2. The number of hydrogen-bond acceptors (Lipinski definition) is 5. The van der Waals surface area contributed by atoms with Crippen LogP contribution in [0.15, 0.2) is 18.2 Å². The molecule has 0 saturated carbocycles. The minimum atomic E-state index is -0.842. The Morgan fingerprint density at radius 1 is 1.25 bits per heavy atom. The van der Waals surface area contributed by atoms with Gasteiger partial charge in [-0.1, -0.05) is 11.6 Å². The van der Waals surface area contributed by atoms with E-state index in [0.717, 1.165) is 0 Å². The van der Waals surface area contributed by atoms with Gasteiger partial charge < -0.3 is 14.8 Å². The number of ketones is 2. The highest BCUT2D eigenvalue weighted by molar-refractivity contribution is 6.30. The molecule has 0 radical (unpaired) electrons. The van der Waals surface area contributed by atoms with Crippen LogP contribution in [-0.4, -0.2) is 34.2 Å². The maximum Gasteiger partial charge on any atom is 0.342 e. The van der Waals surface area contributed by atoms with Gasteiger partial charge in [0.1, 0.15) is 11.3 Å². The fourth-order valence-corrected chi connectivity index (χ4v) is 2.68. The summed E-state index contributed by atoms with van der Waals surface area (Å²) in [5, 5.41) is 9.95. The zero-order chi connectivity index (χ0) is 18.0. The van der Waals surface area contributed by atoms with Crippen LogP contribution in [0.4, 0.5) is 0 Å². The van der Waals surface area contributed by atoms with Gasteiger partial charge in [-0.25, -0.2) is 4.79 Å². The smallest absolute Gasteiger partial charge is 0.342 e. The quantitative estimate of drug-likeness (QED) is 0.638. The number of esters is 1. The van der Waals surface area contributed by atoms with Crippen LogP contribution >= 0.6 is 11.6 Å². The number of halogens is 1. The van der Waals surface area contributed by atoms with Crippen LogP contribution in [0.5, 0.6) is 5.75 Å². The van der Waals surface area contributed by atoms with Gasteiger partial charge in [0, 0.05) is 16.3 Å². The second-order valence-corrected chi connectivity index (χ2v) is 5.78. The molecule has 1 heterocycles. The number of aryl methyl sites for hydroxylation is 1. The number of Topliss-reactive ketones (excluding diaryl/α,β-unsaturated/α-hetero) is 2. The first-order valence-corrected chi connectivity index (χ1v) is 7.49. The van der Waals surface area contributed by atoms with Crippen molar-refractivity contribution in [2.45, 2.75) is 20.8 Å². The fraction of sp³-hybridized carbons (Fsp3) is 0.235. The first kappa shape index (κ1) is 17.7. The maximum atomic E-state index is 12.2. The Morgan fingerprint density at radius 2 is 1.92 bits per heavy atom. The average Bonchev–Trinajstić information content (AvgIpc) is 2.79. The number of H-pyrrole nitrogens is 1. The van der Waals surface area contributed by atoms with Crippen molar-refractivity contribution < 1.29 is 24.2 Å². The Kier molecular flexibility index (Phi) is 5.09. The van der Waals surface area contributed by atoms with Gasteiger partial charge in [0.2, 0.25) is 5.78 Å². The molecule has 2 rings (SSSR count). The van der Waals surface area contributed by atoms with Crippen molar-refractivity contribution >= 4 is 29.1 Å². The highest BCUT2D eigenvalue weighted by Gasteiger charge is 2.21. The molecule has 2 aromatic rings. The fourth-order valence-electron chi connectivity index (χ4n) is 2.52. The molecular weight excluding hydrogens is 334 g/mol. The SMILES string of the molecule is CC(=O)c1c(C)[nH]c(C(=O)COC(=O)c2ccc(Cl)cc2O)c1C. The molecule has 0 aliphatic carbocycles. The zero-order valence-electron chi connectivity index (χ0n) is 13.4. The van der Waals surface area contributed by atoms with Crippen molar-refractivity contribution in [2.75, 3.05) is 6.61 Å². The van der Waals surface area contributed by atoms with Gasteiger partial charge in [-0.15, -0.1) is 0 Å². The summed E-state index contributed by atoms with van der Waals surface area (Å²) in [6.07, 6.45) is 0. The first-order chi connectivity index (χ1) is 11.2. The van der Waals surface area contributed by atoms with E-state index in [1.165, 1.54) is 25.1 Å². The van der Waals surface area contributed by atoms with Crippen LogP contribution in [-0.2, 0) is 4.74 Å². The van der Waals surface area contributed by atoms with Gasteiger partial charge in [0.05, 0.1) is 5.69 Å². The molecule has 0 atom stereocenters. The molecule has 0 saturated heterocycles. The number of rotatable bonds is 5. The van der Waals surface area contributed by atoms with Gasteiger partial charge >= 0.3 is 5.97 Å². The Balaban J connectivity index is 2.12. The molecule has 1 aromatic heterocycles. The monoisotopic (exact) mass is 349 g/mol. The summed E-state index contributed by atoms with van der Waals surface area (Å²) in [4.78, 5) is 38.6. The predicted octanol–water partition coefficient (Wildman–Crippen LogP) is 3.23. The van der Waals surface area contributed by atoms with Gasteiger partial charge in [-0.3, -0.25) is 9.59 Å². The van der Waals surface area contributed by atoms with E-state index in [1.807, 2.05) is 0 Å². The number of ether oxygens (including phenoxy) is 1. The molecular formula is C17H16ClNO5. The van der Waals surface area contributed by atoms with Crippen molar-refractivity contribution in [2.24, 2.45) is 0 Å². The molecule has 2 N–H and O–H groups in total. The number of carbonyl (C=O) groups excluding carboxylic acids is 3. The second kappa shape index (κ2) is 6.88. The number of benzene rings is 1. The highest BCUT2D eigenvalue weighted by atomic mass is 35.5. The maximum absolute atomic E-state index is 12.2. The van der Waals surface area contributed by atoms with E-state index in [1.54, 1.807) is 13.8 Å². The van der Waals surface area contributed by atoms with Crippen LogP contribution in [0.25, 0.3) is 0 Å². The van der Waals surface area contributed by atoms with Crippen molar-refractivity contribution in [1.29, 1.82) is 0 Å². The number of aromatic nitrogens is 1. The number of nitrogens with one attached hydrogen (secondary N) is 1. The normalized spacial score (nSPS) is 10.5. The Labute approximate surface area is 143 Å². The van der Waals surface area contributed by atoms with E-state index < -0.39 is 18.4 Å². The Bertz CT molecular complexity index is 838. The van der Waals surface area contributed by atoms with E-state index in [9.17, 15) is 19.5 Å². The topological polar surface area (TPSA) is 96.5 Å². The number of carbonyl (C=O) groups is 3. The van der Waals surface area contributed by atoms with Crippen LogP contribution in [0.1, 0.15) is 49.4 Å². The lowest BCUT2D eigenvalue weighted by Gasteiger charge is -2.06. The van der Waals surface area contributed by atoms with E-state index in [2.05, 4.69) is 4.98 Å². The van der Waals surface area contributed by atoms with Crippen LogP contribution in [0.3, 0.4) is 0 Å².